The van der Waals surface area contributed by atoms with Gasteiger partial charge in [-0.2, -0.15) is 0 Å². The molecule has 0 fully saturated rings. The van der Waals surface area contributed by atoms with Gasteiger partial charge in [-0.25, -0.2) is 0 Å². The Kier molecular flexibility index (Phi) is 3.87. The maximum atomic E-state index is 12.3. The lowest BCUT2D eigenvalue weighted by Gasteiger charge is -2.17. The number of aryl methyl sites for hydroxylation is 1. The van der Waals surface area contributed by atoms with Crippen molar-refractivity contribution in [2.75, 3.05) is 7.05 Å². The first-order valence-corrected chi connectivity index (χ1v) is 6.40. The minimum Gasteiger partial charge on any atom is -0.472 e. The molecule has 0 bridgehead atoms. The highest BCUT2D eigenvalue weighted by Gasteiger charge is 2.15. The van der Waals surface area contributed by atoms with Crippen molar-refractivity contribution in [2.24, 2.45) is 0 Å². The fraction of sp³-hybridized carbons (Fsp3) is 0.214. The highest BCUT2D eigenvalue weighted by Crippen LogP contribution is 2.20. The van der Waals surface area contributed by atoms with Crippen LogP contribution in [0.1, 0.15) is 21.5 Å². The molecule has 2 rings (SSSR count). The maximum absolute atomic E-state index is 12.3. The van der Waals surface area contributed by atoms with Gasteiger partial charge in [0.05, 0.1) is 18.1 Å². The minimum atomic E-state index is -0.0110. The monoisotopic (exact) mass is 307 g/mol. The Bertz CT molecular complexity index is 549. The average Bonchev–Trinajstić information content (AvgIpc) is 2.81. The Morgan fingerprint density at radius 1 is 1.39 bits per heavy atom. The largest absolute Gasteiger partial charge is 0.472 e. The topological polar surface area (TPSA) is 33.5 Å². The van der Waals surface area contributed by atoms with Gasteiger partial charge in [-0.1, -0.05) is 6.07 Å². The third-order valence-electron chi connectivity index (χ3n) is 2.70. The van der Waals surface area contributed by atoms with Crippen LogP contribution in [0.5, 0.6) is 0 Å². The summed E-state index contributed by atoms with van der Waals surface area (Å²) in [6.45, 7) is 2.53. The molecule has 0 aliphatic carbocycles. The summed E-state index contributed by atoms with van der Waals surface area (Å²) in [5.74, 6) is -0.0110. The predicted molar refractivity (Wildman–Crippen MR) is 73.4 cm³/mol. The van der Waals surface area contributed by atoms with E-state index in [4.69, 9.17) is 4.42 Å². The molecular formula is C14H14BrNO2. The smallest absolute Gasteiger partial charge is 0.255 e. The standard InChI is InChI=1S/C14H14BrNO2/c1-10-3-4-12(13(15)7-10)14(17)16(2)8-11-5-6-18-9-11/h3-7,9H,8H2,1-2H3. The zero-order valence-electron chi connectivity index (χ0n) is 10.3. The zero-order valence-corrected chi connectivity index (χ0v) is 11.9. The van der Waals surface area contributed by atoms with E-state index in [0.29, 0.717) is 12.1 Å². The van der Waals surface area contributed by atoms with Crippen LogP contribution in [-0.4, -0.2) is 17.9 Å². The van der Waals surface area contributed by atoms with Crippen LogP contribution in [0.3, 0.4) is 0 Å². The number of hydrogen-bond donors (Lipinski definition) is 0. The third-order valence-corrected chi connectivity index (χ3v) is 3.36. The molecule has 0 saturated heterocycles. The van der Waals surface area contributed by atoms with Crippen molar-refractivity contribution in [3.63, 3.8) is 0 Å². The molecule has 94 valence electrons. The molecule has 0 atom stereocenters. The Balaban J connectivity index is 2.15. The van der Waals surface area contributed by atoms with Crippen molar-refractivity contribution in [2.45, 2.75) is 13.5 Å². The first-order valence-electron chi connectivity index (χ1n) is 5.60. The van der Waals surface area contributed by atoms with E-state index in [1.807, 2.05) is 31.2 Å². The van der Waals surface area contributed by atoms with Crippen molar-refractivity contribution >= 4 is 21.8 Å². The SMILES string of the molecule is Cc1ccc(C(=O)N(C)Cc2ccoc2)c(Br)c1. The Morgan fingerprint density at radius 3 is 2.78 bits per heavy atom. The fourth-order valence-corrected chi connectivity index (χ4v) is 2.39. The van der Waals surface area contributed by atoms with Gasteiger partial charge in [-0.15, -0.1) is 0 Å². The van der Waals surface area contributed by atoms with Gasteiger partial charge in [0.25, 0.3) is 5.91 Å². The molecule has 18 heavy (non-hydrogen) atoms. The van der Waals surface area contributed by atoms with Crippen molar-refractivity contribution < 1.29 is 9.21 Å². The molecule has 2 aromatic rings. The number of furan rings is 1. The molecule has 0 unspecified atom stereocenters. The van der Waals surface area contributed by atoms with E-state index in [1.165, 1.54) is 0 Å². The maximum Gasteiger partial charge on any atom is 0.255 e. The highest BCUT2D eigenvalue weighted by molar-refractivity contribution is 9.10. The summed E-state index contributed by atoms with van der Waals surface area (Å²) >= 11 is 3.43. The van der Waals surface area contributed by atoms with E-state index in [1.54, 1.807) is 24.5 Å². The van der Waals surface area contributed by atoms with Crippen LogP contribution < -0.4 is 0 Å². The van der Waals surface area contributed by atoms with Crippen LogP contribution >= 0.6 is 15.9 Å². The van der Waals surface area contributed by atoms with Crippen LogP contribution in [0, 0.1) is 6.92 Å². The van der Waals surface area contributed by atoms with E-state index in [0.717, 1.165) is 15.6 Å². The summed E-state index contributed by atoms with van der Waals surface area (Å²) in [6.07, 6.45) is 3.25. The minimum absolute atomic E-state index is 0.0110. The summed E-state index contributed by atoms with van der Waals surface area (Å²) < 4.78 is 5.82. The molecule has 1 aromatic heterocycles. The van der Waals surface area contributed by atoms with Crippen LogP contribution in [0.2, 0.25) is 0 Å². The summed E-state index contributed by atoms with van der Waals surface area (Å²) in [6, 6.07) is 7.57. The first kappa shape index (κ1) is 12.9. The molecule has 0 aliphatic rings. The van der Waals surface area contributed by atoms with Crippen LogP contribution in [0.25, 0.3) is 0 Å². The Labute approximate surface area is 115 Å². The van der Waals surface area contributed by atoms with Gasteiger partial charge in [-0.05, 0) is 46.6 Å². The number of rotatable bonds is 3. The van der Waals surface area contributed by atoms with Gasteiger partial charge < -0.3 is 9.32 Å². The molecule has 1 aromatic carbocycles. The Morgan fingerprint density at radius 2 is 2.17 bits per heavy atom. The van der Waals surface area contributed by atoms with E-state index in [-0.39, 0.29) is 5.91 Å². The van der Waals surface area contributed by atoms with E-state index in [2.05, 4.69) is 15.9 Å². The molecule has 3 nitrogen and oxygen atoms in total. The van der Waals surface area contributed by atoms with Crippen LogP contribution in [0.15, 0.2) is 45.7 Å². The summed E-state index contributed by atoms with van der Waals surface area (Å²) in [5.41, 5.74) is 2.77. The normalized spacial score (nSPS) is 10.4. The number of amides is 1. The first-order chi connectivity index (χ1) is 8.58. The molecule has 4 heteroatoms. The number of halogens is 1. The van der Waals surface area contributed by atoms with Gasteiger partial charge in [0.1, 0.15) is 0 Å². The average molecular weight is 308 g/mol. The van der Waals surface area contributed by atoms with Crippen LogP contribution in [-0.2, 0) is 6.54 Å². The van der Waals surface area contributed by atoms with E-state index < -0.39 is 0 Å². The summed E-state index contributed by atoms with van der Waals surface area (Å²) in [7, 11) is 1.78. The zero-order chi connectivity index (χ0) is 13.1. The summed E-state index contributed by atoms with van der Waals surface area (Å²) in [5, 5.41) is 0. The van der Waals surface area contributed by atoms with Gasteiger partial charge >= 0.3 is 0 Å². The fourth-order valence-electron chi connectivity index (χ4n) is 1.73. The van der Waals surface area contributed by atoms with E-state index in [9.17, 15) is 4.79 Å². The number of carbonyl (C=O) groups excluding carboxylic acids is 1. The van der Waals surface area contributed by atoms with Crippen molar-refractivity contribution in [3.8, 4) is 0 Å². The van der Waals surface area contributed by atoms with Gasteiger partial charge in [-0.3, -0.25) is 4.79 Å². The summed E-state index contributed by atoms with van der Waals surface area (Å²) in [4.78, 5) is 13.9. The Hall–Kier alpha value is -1.55. The predicted octanol–water partition coefficient (Wildman–Crippen LogP) is 3.62. The number of carbonyl (C=O) groups is 1. The second-order valence-corrected chi connectivity index (χ2v) is 5.13. The molecular weight excluding hydrogens is 294 g/mol. The number of benzene rings is 1. The third kappa shape index (κ3) is 2.82. The lowest BCUT2D eigenvalue weighted by atomic mass is 10.1. The molecule has 0 spiro atoms. The van der Waals surface area contributed by atoms with Gasteiger partial charge in [0.15, 0.2) is 0 Å². The molecule has 0 radical (unpaired) electrons. The quantitative estimate of drug-likeness (QED) is 0.867. The second-order valence-electron chi connectivity index (χ2n) is 4.28. The second kappa shape index (κ2) is 5.40. The lowest BCUT2D eigenvalue weighted by Crippen LogP contribution is -2.26. The van der Waals surface area contributed by atoms with Gasteiger partial charge in [0, 0.05) is 23.6 Å². The van der Waals surface area contributed by atoms with Crippen LogP contribution in [0.4, 0.5) is 0 Å². The van der Waals surface area contributed by atoms with E-state index >= 15 is 0 Å². The molecule has 0 aliphatic heterocycles. The van der Waals surface area contributed by atoms with Crippen molar-refractivity contribution in [1.82, 2.24) is 4.90 Å². The molecule has 0 N–H and O–H groups in total. The number of hydrogen-bond acceptors (Lipinski definition) is 2. The molecule has 1 amide bonds. The highest BCUT2D eigenvalue weighted by atomic mass is 79.9. The van der Waals surface area contributed by atoms with Crippen molar-refractivity contribution in [3.05, 3.63) is 58.0 Å². The molecule has 1 heterocycles. The lowest BCUT2D eigenvalue weighted by molar-refractivity contribution is 0.0784. The molecule has 0 saturated carbocycles. The van der Waals surface area contributed by atoms with Crippen molar-refractivity contribution in [1.29, 1.82) is 0 Å². The van der Waals surface area contributed by atoms with Gasteiger partial charge in [0.2, 0.25) is 0 Å². The number of nitrogens with zero attached hydrogens (tertiary/aromatic N) is 1.